The molecule has 0 aromatic carbocycles. The maximum absolute atomic E-state index is 9.62. The Hall–Kier alpha value is -0.240. The van der Waals surface area contributed by atoms with Crippen LogP contribution in [0.4, 0.5) is 0 Å². The van der Waals surface area contributed by atoms with Crippen LogP contribution in [-0.4, -0.2) is 54.5 Å². The minimum atomic E-state index is -0.637. The molecule has 1 spiro atoms. The van der Waals surface area contributed by atoms with Crippen LogP contribution in [0.5, 0.6) is 0 Å². The molecule has 6 atom stereocenters. The summed E-state index contributed by atoms with van der Waals surface area (Å²) in [6.07, 6.45) is 0.0746. The summed E-state index contributed by atoms with van der Waals surface area (Å²) in [5.41, 5.74) is -0.207. The summed E-state index contributed by atoms with van der Waals surface area (Å²) in [6, 6.07) is 0. The molecule has 0 aromatic heterocycles. The molecule has 0 aromatic rings. The zero-order valence-corrected chi connectivity index (χ0v) is 13.0. The fraction of sp³-hybridized carbons (Fsp3) is 1.00. The van der Waals surface area contributed by atoms with Gasteiger partial charge in [-0.25, -0.2) is 0 Å². The number of aliphatic hydroxyl groups excluding tert-OH is 1. The van der Waals surface area contributed by atoms with Gasteiger partial charge in [0.25, 0.3) is 0 Å². The number of hydrogen-bond donors (Lipinski definition) is 1. The molecule has 4 fully saturated rings. The fourth-order valence-corrected chi connectivity index (χ4v) is 4.22. The second kappa shape index (κ2) is 4.19. The van der Waals surface area contributed by atoms with E-state index in [1.807, 2.05) is 27.7 Å². The molecule has 0 radical (unpaired) electrons. The van der Waals surface area contributed by atoms with E-state index in [2.05, 4.69) is 0 Å². The molecule has 0 unspecified atom stereocenters. The monoisotopic (exact) mass is 300 g/mol. The highest BCUT2D eigenvalue weighted by Gasteiger charge is 2.75. The highest BCUT2D eigenvalue weighted by molar-refractivity contribution is 5.19. The largest absolute Gasteiger partial charge is 0.396 e. The van der Waals surface area contributed by atoms with Crippen LogP contribution in [0, 0.1) is 11.3 Å². The zero-order valence-electron chi connectivity index (χ0n) is 13.0. The molecule has 6 nitrogen and oxygen atoms in total. The molecule has 0 bridgehead atoms. The average molecular weight is 300 g/mol. The molecule has 1 aliphatic carbocycles. The Kier molecular flexibility index (Phi) is 2.86. The van der Waals surface area contributed by atoms with Crippen molar-refractivity contribution in [1.82, 2.24) is 0 Å². The van der Waals surface area contributed by atoms with Crippen molar-refractivity contribution in [2.24, 2.45) is 11.3 Å². The summed E-state index contributed by atoms with van der Waals surface area (Å²) in [5.74, 6) is -1.04. The normalized spacial score (nSPS) is 53.3. The van der Waals surface area contributed by atoms with Crippen LogP contribution >= 0.6 is 0 Å². The van der Waals surface area contributed by atoms with Crippen LogP contribution in [0.3, 0.4) is 0 Å². The first-order valence-corrected chi connectivity index (χ1v) is 7.71. The molecule has 120 valence electrons. The van der Waals surface area contributed by atoms with Gasteiger partial charge in [0.1, 0.15) is 12.2 Å². The number of hydrogen-bond acceptors (Lipinski definition) is 6. The third-order valence-corrected chi connectivity index (χ3v) is 5.19. The van der Waals surface area contributed by atoms with Crippen LogP contribution in [0.25, 0.3) is 0 Å². The van der Waals surface area contributed by atoms with Crippen molar-refractivity contribution in [3.05, 3.63) is 0 Å². The lowest BCUT2D eigenvalue weighted by atomic mass is 9.88. The molecular weight excluding hydrogens is 276 g/mol. The molecule has 3 heterocycles. The Balaban J connectivity index is 1.59. The summed E-state index contributed by atoms with van der Waals surface area (Å²) < 4.78 is 29.7. The minimum Gasteiger partial charge on any atom is -0.396 e. The average Bonchev–Trinajstić information content (AvgIpc) is 2.75. The summed E-state index contributed by atoms with van der Waals surface area (Å²) in [6.45, 7) is 8.24. The Morgan fingerprint density at radius 2 is 1.76 bits per heavy atom. The highest BCUT2D eigenvalue weighted by Crippen LogP contribution is 2.67. The van der Waals surface area contributed by atoms with E-state index in [0.29, 0.717) is 6.61 Å². The molecule has 1 N–H and O–H groups in total. The summed E-state index contributed by atoms with van der Waals surface area (Å²) >= 11 is 0. The summed E-state index contributed by atoms with van der Waals surface area (Å²) in [5, 5.41) is 9.62. The van der Waals surface area contributed by atoms with Gasteiger partial charge in [-0.05, 0) is 40.0 Å². The van der Waals surface area contributed by atoms with Gasteiger partial charge in [-0.2, -0.15) is 0 Å². The van der Waals surface area contributed by atoms with Gasteiger partial charge in [0, 0.05) is 12.0 Å². The molecule has 0 amide bonds. The van der Waals surface area contributed by atoms with E-state index in [1.54, 1.807) is 0 Å². The van der Waals surface area contributed by atoms with Gasteiger partial charge in [0.05, 0.1) is 12.7 Å². The molecule has 3 saturated heterocycles. The Morgan fingerprint density at radius 3 is 2.33 bits per heavy atom. The summed E-state index contributed by atoms with van der Waals surface area (Å²) in [4.78, 5) is 0. The SMILES string of the molecule is CC1(C)OC[C@H]([C@H]2O[C@@H]3OC(C)(C)O[C@@H]3[C@@]23C[C@@H]3CO)O1. The van der Waals surface area contributed by atoms with Gasteiger partial charge in [0.2, 0.25) is 0 Å². The van der Waals surface area contributed by atoms with Crippen molar-refractivity contribution in [2.75, 3.05) is 13.2 Å². The number of ether oxygens (including phenoxy) is 5. The lowest BCUT2D eigenvalue weighted by molar-refractivity contribution is -0.230. The van der Waals surface area contributed by atoms with Gasteiger partial charge >= 0.3 is 0 Å². The predicted molar refractivity (Wildman–Crippen MR) is 71.2 cm³/mol. The van der Waals surface area contributed by atoms with Crippen LogP contribution in [0.1, 0.15) is 34.1 Å². The van der Waals surface area contributed by atoms with Gasteiger partial charge in [-0.3, -0.25) is 0 Å². The van der Waals surface area contributed by atoms with Crippen LogP contribution in [0.2, 0.25) is 0 Å². The summed E-state index contributed by atoms with van der Waals surface area (Å²) in [7, 11) is 0. The van der Waals surface area contributed by atoms with Crippen molar-refractivity contribution in [3.63, 3.8) is 0 Å². The van der Waals surface area contributed by atoms with Crippen LogP contribution in [-0.2, 0) is 23.7 Å². The quantitative estimate of drug-likeness (QED) is 0.821. The maximum atomic E-state index is 9.62. The Labute approximate surface area is 124 Å². The van der Waals surface area contributed by atoms with E-state index in [0.717, 1.165) is 6.42 Å². The van der Waals surface area contributed by atoms with E-state index in [4.69, 9.17) is 23.7 Å². The lowest BCUT2D eigenvalue weighted by Gasteiger charge is -2.29. The van der Waals surface area contributed by atoms with E-state index in [1.165, 1.54) is 0 Å². The van der Waals surface area contributed by atoms with Crippen molar-refractivity contribution in [3.8, 4) is 0 Å². The first-order chi connectivity index (χ1) is 9.77. The van der Waals surface area contributed by atoms with Gasteiger partial charge in [-0.1, -0.05) is 0 Å². The smallest absolute Gasteiger partial charge is 0.188 e. The molecule has 1 saturated carbocycles. The number of fused-ring (bicyclic) bond motifs is 2. The standard InChI is InChI=1S/C15H24O6/c1-13(2)17-7-9(19-13)10-15(5-8(15)6-16)11-12(18-10)21-14(3,4)20-11/h8-12,16H,5-7H2,1-4H3/t8-,9-,10-,11+,12-,15-/m1/s1. The highest BCUT2D eigenvalue weighted by atomic mass is 16.8. The first kappa shape index (κ1) is 14.4. The lowest BCUT2D eigenvalue weighted by Crippen LogP contribution is -2.42. The molecule has 3 aliphatic heterocycles. The second-order valence-electron chi connectivity index (χ2n) is 7.54. The van der Waals surface area contributed by atoms with Gasteiger partial charge in [-0.15, -0.1) is 0 Å². The fourth-order valence-electron chi connectivity index (χ4n) is 4.22. The molecule has 4 aliphatic rings. The minimum absolute atomic E-state index is 0.137. The van der Waals surface area contributed by atoms with Crippen molar-refractivity contribution < 1.29 is 28.8 Å². The molecule has 4 rings (SSSR count). The molecule has 6 heteroatoms. The Bertz CT molecular complexity index is 449. The van der Waals surface area contributed by atoms with E-state index in [-0.39, 0.29) is 42.5 Å². The third-order valence-electron chi connectivity index (χ3n) is 5.19. The third kappa shape index (κ3) is 2.00. The van der Waals surface area contributed by atoms with Crippen LogP contribution < -0.4 is 0 Å². The van der Waals surface area contributed by atoms with Crippen molar-refractivity contribution >= 4 is 0 Å². The predicted octanol–water partition coefficient (Wildman–Crippen LogP) is 1.01. The zero-order chi connectivity index (χ0) is 15.0. The van der Waals surface area contributed by atoms with E-state index < -0.39 is 11.6 Å². The molecular formula is C15H24O6. The topological polar surface area (TPSA) is 66.4 Å². The molecule has 21 heavy (non-hydrogen) atoms. The van der Waals surface area contributed by atoms with E-state index >= 15 is 0 Å². The number of aliphatic hydroxyl groups is 1. The first-order valence-electron chi connectivity index (χ1n) is 7.71. The van der Waals surface area contributed by atoms with E-state index in [9.17, 15) is 5.11 Å². The van der Waals surface area contributed by atoms with Crippen molar-refractivity contribution in [2.45, 2.75) is 70.3 Å². The van der Waals surface area contributed by atoms with Crippen LogP contribution in [0.15, 0.2) is 0 Å². The number of rotatable bonds is 2. The van der Waals surface area contributed by atoms with Crippen molar-refractivity contribution in [1.29, 1.82) is 0 Å². The maximum Gasteiger partial charge on any atom is 0.188 e. The van der Waals surface area contributed by atoms with Gasteiger partial charge in [0.15, 0.2) is 17.9 Å². The Morgan fingerprint density at radius 1 is 1.00 bits per heavy atom. The van der Waals surface area contributed by atoms with Gasteiger partial charge < -0.3 is 28.8 Å². The second-order valence-corrected chi connectivity index (χ2v) is 7.54.